The molecule has 2 aromatic carbocycles. The Hall–Kier alpha value is -1.49. The topological polar surface area (TPSA) is 17.8 Å². The van der Waals surface area contributed by atoms with Crippen molar-refractivity contribution in [2.45, 2.75) is 23.1 Å². The Balaban J connectivity index is 1.83. The fraction of sp³-hybridized carbons (Fsp3) is 0.167. The molecule has 0 N–H and O–H groups in total. The molecule has 24 heavy (non-hydrogen) atoms. The first kappa shape index (κ1) is 17.3. The van der Waals surface area contributed by atoms with Gasteiger partial charge in [-0.3, -0.25) is 0 Å². The SMILES string of the molecule is Fc1ccc(SC(CCn2ccnc2)c2ccc(Cl)cc2Cl)cc1. The number of nitrogens with zero attached hydrogens (tertiary/aromatic N) is 2. The van der Waals surface area contributed by atoms with E-state index < -0.39 is 0 Å². The maximum absolute atomic E-state index is 13.1. The number of hydrogen-bond acceptors (Lipinski definition) is 2. The summed E-state index contributed by atoms with van der Waals surface area (Å²) in [6.07, 6.45) is 6.35. The zero-order chi connectivity index (χ0) is 16.9. The molecule has 0 amide bonds. The Morgan fingerprint density at radius 3 is 2.58 bits per heavy atom. The van der Waals surface area contributed by atoms with E-state index in [1.54, 1.807) is 42.5 Å². The Labute approximate surface area is 154 Å². The van der Waals surface area contributed by atoms with Crippen molar-refractivity contribution in [3.05, 3.63) is 82.6 Å². The van der Waals surface area contributed by atoms with Gasteiger partial charge >= 0.3 is 0 Å². The highest BCUT2D eigenvalue weighted by Crippen LogP contribution is 2.41. The summed E-state index contributed by atoms with van der Waals surface area (Å²) in [5.41, 5.74) is 1.02. The van der Waals surface area contributed by atoms with Crippen LogP contribution in [-0.4, -0.2) is 9.55 Å². The van der Waals surface area contributed by atoms with E-state index in [0.717, 1.165) is 23.4 Å². The van der Waals surface area contributed by atoms with Gasteiger partial charge in [0, 0.05) is 39.1 Å². The molecular weight excluding hydrogens is 366 g/mol. The van der Waals surface area contributed by atoms with Crippen molar-refractivity contribution in [3.8, 4) is 0 Å². The summed E-state index contributed by atoms with van der Waals surface area (Å²) in [7, 11) is 0. The van der Waals surface area contributed by atoms with E-state index in [4.69, 9.17) is 23.2 Å². The average molecular weight is 381 g/mol. The smallest absolute Gasteiger partial charge is 0.123 e. The third-order valence-electron chi connectivity index (χ3n) is 3.61. The predicted octanol–water partition coefficient (Wildman–Crippen LogP) is 6.25. The molecule has 1 heterocycles. The number of aromatic nitrogens is 2. The third-order valence-corrected chi connectivity index (χ3v) is 5.49. The lowest BCUT2D eigenvalue weighted by Gasteiger charge is -2.19. The normalized spacial score (nSPS) is 12.3. The molecule has 0 saturated carbocycles. The lowest BCUT2D eigenvalue weighted by molar-refractivity contribution is 0.626. The van der Waals surface area contributed by atoms with Gasteiger partial charge in [0.25, 0.3) is 0 Å². The Kier molecular flexibility index (Phi) is 5.82. The van der Waals surface area contributed by atoms with Gasteiger partial charge in [-0.05, 0) is 48.4 Å². The summed E-state index contributed by atoms with van der Waals surface area (Å²) < 4.78 is 15.2. The molecule has 2 nitrogen and oxygen atoms in total. The molecule has 0 spiro atoms. The summed E-state index contributed by atoms with van der Waals surface area (Å²) in [4.78, 5) is 5.06. The highest BCUT2D eigenvalue weighted by molar-refractivity contribution is 7.99. The summed E-state index contributed by atoms with van der Waals surface area (Å²) in [6.45, 7) is 0.817. The van der Waals surface area contributed by atoms with Crippen LogP contribution in [0.1, 0.15) is 17.2 Å². The van der Waals surface area contributed by atoms with Crippen LogP contribution >= 0.6 is 35.0 Å². The van der Waals surface area contributed by atoms with Crippen molar-refractivity contribution in [2.75, 3.05) is 0 Å². The van der Waals surface area contributed by atoms with Crippen molar-refractivity contribution < 1.29 is 4.39 Å². The van der Waals surface area contributed by atoms with Crippen molar-refractivity contribution in [2.24, 2.45) is 0 Å². The second kappa shape index (κ2) is 8.06. The summed E-state index contributed by atoms with van der Waals surface area (Å²) in [5, 5.41) is 1.39. The first-order chi connectivity index (χ1) is 11.6. The molecule has 0 fully saturated rings. The molecule has 0 aliphatic rings. The summed E-state index contributed by atoms with van der Waals surface area (Å²) >= 11 is 14.1. The maximum Gasteiger partial charge on any atom is 0.123 e. The van der Waals surface area contributed by atoms with Crippen LogP contribution < -0.4 is 0 Å². The highest BCUT2D eigenvalue weighted by atomic mass is 35.5. The number of aryl methyl sites for hydroxylation is 1. The number of benzene rings is 2. The molecule has 0 bridgehead atoms. The monoisotopic (exact) mass is 380 g/mol. The van der Waals surface area contributed by atoms with E-state index in [1.165, 1.54) is 12.1 Å². The Bertz CT molecular complexity index is 791. The van der Waals surface area contributed by atoms with Gasteiger partial charge in [-0.2, -0.15) is 0 Å². The molecule has 0 aliphatic heterocycles. The van der Waals surface area contributed by atoms with Gasteiger partial charge < -0.3 is 4.57 Å². The summed E-state index contributed by atoms with van der Waals surface area (Å²) in [5.74, 6) is -0.237. The van der Waals surface area contributed by atoms with Crippen LogP contribution in [0.5, 0.6) is 0 Å². The van der Waals surface area contributed by atoms with Gasteiger partial charge in [-0.15, -0.1) is 11.8 Å². The number of thioether (sulfide) groups is 1. The van der Waals surface area contributed by atoms with Gasteiger partial charge in [0.1, 0.15) is 5.82 Å². The van der Waals surface area contributed by atoms with E-state index in [9.17, 15) is 4.39 Å². The van der Waals surface area contributed by atoms with Crippen molar-refractivity contribution in [1.82, 2.24) is 9.55 Å². The lowest BCUT2D eigenvalue weighted by Crippen LogP contribution is -2.02. The van der Waals surface area contributed by atoms with E-state index in [1.807, 2.05) is 22.9 Å². The minimum atomic E-state index is -0.237. The van der Waals surface area contributed by atoms with E-state index >= 15 is 0 Å². The number of hydrogen-bond donors (Lipinski definition) is 0. The van der Waals surface area contributed by atoms with Crippen LogP contribution in [-0.2, 0) is 6.54 Å². The van der Waals surface area contributed by atoms with Crippen molar-refractivity contribution in [1.29, 1.82) is 0 Å². The highest BCUT2D eigenvalue weighted by Gasteiger charge is 2.17. The van der Waals surface area contributed by atoms with Crippen LogP contribution in [0.3, 0.4) is 0 Å². The van der Waals surface area contributed by atoms with Gasteiger partial charge in [0.05, 0.1) is 6.33 Å². The molecular formula is C18H15Cl2FN2S. The van der Waals surface area contributed by atoms with Crippen LogP contribution in [0.2, 0.25) is 10.0 Å². The van der Waals surface area contributed by atoms with Crippen molar-refractivity contribution >= 4 is 35.0 Å². The average Bonchev–Trinajstić information content (AvgIpc) is 3.07. The van der Waals surface area contributed by atoms with Gasteiger partial charge in [0.2, 0.25) is 0 Å². The number of halogens is 3. The standard InChI is InChI=1S/C18H15Cl2FN2S/c19-13-1-6-16(17(20)11-13)18(7-9-23-10-8-22-12-23)24-15-4-2-14(21)3-5-15/h1-6,8,10-12,18H,7,9H2. The van der Waals surface area contributed by atoms with Gasteiger partial charge in [-0.25, -0.2) is 9.37 Å². The van der Waals surface area contributed by atoms with Crippen LogP contribution in [0, 0.1) is 5.82 Å². The first-order valence-corrected chi connectivity index (χ1v) is 9.08. The molecule has 0 radical (unpaired) electrons. The second-order valence-corrected chi connectivity index (χ2v) is 7.44. The molecule has 1 atom stereocenters. The van der Waals surface area contributed by atoms with E-state index in [-0.39, 0.29) is 11.1 Å². The molecule has 0 saturated heterocycles. The molecule has 6 heteroatoms. The molecule has 124 valence electrons. The van der Waals surface area contributed by atoms with Crippen LogP contribution in [0.25, 0.3) is 0 Å². The van der Waals surface area contributed by atoms with Gasteiger partial charge in [-0.1, -0.05) is 29.3 Å². The largest absolute Gasteiger partial charge is 0.337 e. The molecule has 3 rings (SSSR count). The molecule has 1 aromatic heterocycles. The molecule has 3 aromatic rings. The Morgan fingerprint density at radius 1 is 1.12 bits per heavy atom. The van der Waals surface area contributed by atoms with Crippen LogP contribution in [0.15, 0.2) is 66.1 Å². The van der Waals surface area contributed by atoms with Gasteiger partial charge in [0.15, 0.2) is 0 Å². The minimum Gasteiger partial charge on any atom is -0.337 e. The fourth-order valence-corrected chi connectivity index (χ4v) is 4.19. The quantitative estimate of drug-likeness (QED) is 0.470. The number of rotatable bonds is 6. The van der Waals surface area contributed by atoms with Crippen LogP contribution in [0.4, 0.5) is 4.39 Å². The summed E-state index contributed by atoms with van der Waals surface area (Å²) in [6, 6.07) is 12.1. The zero-order valence-electron chi connectivity index (χ0n) is 12.7. The van der Waals surface area contributed by atoms with E-state index in [2.05, 4.69) is 4.98 Å². The zero-order valence-corrected chi connectivity index (χ0v) is 15.0. The molecule has 0 aliphatic carbocycles. The molecule has 1 unspecified atom stereocenters. The fourth-order valence-electron chi connectivity index (χ4n) is 2.40. The third kappa shape index (κ3) is 4.53. The Morgan fingerprint density at radius 2 is 1.92 bits per heavy atom. The first-order valence-electron chi connectivity index (χ1n) is 7.45. The van der Waals surface area contributed by atoms with E-state index in [0.29, 0.717) is 10.0 Å². The van der Waals surface area contributed by atoms with Crippen molar-refractivity contribution in [3.63, 3.8) is 0 Å². The predicted molar refractivity (Wildman–Crippen MR) is 98.3 cm³/mol. The second-order valence-electron chi connectivity index (χ2n) is 5.32. The maximum atomic E-state index is 13.1. The lowest BCUT2D eigenvalue weighted by atomic mass is 10.1. The number of imidazole rings is 1. The minimum absolute atomic E-state index is 0.127.